The van der Waals surface area contributed by atoms with E-state index in [1.807, 2.05) is 91.0 Å². The molecule has 0 saturated carbocycles. The summed E-state index contributed by atoms with van der Waals surface area (Å²) in [6.45, 7) is 0. The van der Waals surface area contributed by atoms with E-state index in [1.54, 1.807) is 31.4 Å². The highest BCUT2D eigenvalue weighted by molar-refractivity contribution is 7.55. The third kappa shape index (κ3) is 5.32. The Bertz CT molecular complexity index is 1110. The number of para-hydroxylation sites is 3. The topological polar surface area (TPSA) is 56.8 Å². The Morgan fingerprint density at radius 1 is 0.625 bits per heavy atom. The van der Waals surface area contributed by atoms with E-state index in [2.05, 4.69) is 5.32 Å². The van der Waals surface area contributed by atoms with Crippen molar-refractivity contribution in [1.29, 1.82) is 0 Å². The first-order valence-electron chi connectivity index (χ1n) is 10.2. The van der Waals surface area contributed by atoms with Crippen LogP contribution in [-0.4, -0.2) is 7.11 Å². The molecule has 0 aliphatic rings. The number of anilines is 1. The normalized spacial score (nSPS) is 11.9. The van der Waals surface area contributed by atoms with Crippen LogP contribution in [0.1, 0.15) is 11.3 Å². The Hall–Kier alpha value is -3.69. The van der Waals surface area contributed by atoms with Crippen LogP contribution >= 0.6 is 7.60 Å². The summed E-state index contributed by atoms with van der Waals surface area (Å²) in [4.78, 5) is 0. The summed E-state index contributed by atoms with van der Waals surface area (Å²) in [5.41, 5.74) is 1.53. The number of ether oxygens (including phenoxy) is 1. The van der Waals surface area contributed by atoms with Gasteiger partial charge in [-0.25, -0.2) is 4.57 Å². The van der Waals surface area contributed by atoms with Gasteiger partial charge in [-0.2, -0.15) is 0 Å². The Morgan fingerprint density at radius 2 is 1.09 bits per heavy atom. The molecule has 0 amide bonds. The standard InChI is InChI=1S/C26H24NO4P/c1-29-23-19-17-21(18-20-23)26(27-22-11-5-2-6-12-22)32(28,30-24-13-7-3-8-14-24)31-25-15-9-4-10-16-25/h2-20,26-27H,1H3/t26-/m0/s1. The zero-order chi connectivity index (χ0) is 22.2. The van der Waals surface area contributed by atoms with Gasteiger partial charge in [0.05, 0.1) is 7.11 Å². The molecule has 0 heterocycles. The Labute approximate surface area is 188 Å². The van der Waals surface area contributed by atoms with Crippen molar-refractivity contribution in [1.82, 2.24) is 0 Å². The fraction of sp³-hybridized carbons (Fsp3) is 0.0769. The predicted molar refractivity (Wildman–Crippen MR) is 128 cm³/mol. The van der Waals surface area contributed by atoms with Crippen molar-refractivity contribution in [2.45, 2.75) is 5.78 Å². The van der Waals surface area contributed by atoms with Gasteiger partial charge in [0.25, 0.3) is 0 Å². The van der Waals surface area contributed by atoms with Crippen LogP contribution in [0.2, 0.25) is 0 Å². The molecular weight excluding hydrogens is 421 g/mol. The van der Waals surface area contributed by atoms with Gasteiger partial charge in [-0.3, -0.25) is 0 Å². The molecular formula is C26H24NO4P. The lowest BCUT2D eigenvalue weighted by molar-refractivity contribution is 0.376. The van der Waals surface area contributed by atoms with Crippen molar-refractivity contribution in [3.8, 4) is 17.2 Å². The maximum Gasteiger partial charge on any atom is 0.457 e. The second-order valence-corrected chi connectivity index (χ2v) is 9.00. The Morgan fingerprint density at radius 3 is 1.56 bits per heavy atom. The molecule has 1 atom stereocenters. The summed E-state index contributed by atoms with van der Waals surface area (Å²) in [7, 11) is -2.23. The van der Waals surface area contributed by atoms with Crippen molar-refractivity contribution in [2.24, 2.45) is 0 Å². The minimum Gasteiger partial charge on any atom is -0.497 e. The van der Waals surface area contributed by atoms with Crippen molar-refractivity contribution < 1.29 is 18.3 Å². The van der Waals surface area contributed by atoms with E-state index in [0.29, 0.717) is 17.2 Å². The van der Waals surface area contributed by atoms with Crippen LogP contribution in [0.15, 0.2) is 115 Å². The predicted octanol–water partition coefficient (Wildman–Crippen LogP) is 7.16. The van der Waals surface area contributed by atoms with E-state index in [-0.39, 0.29) is 0 Å². The first-order chi connectivity index (χ1) is 15.7. The fourth-order valence-electron chi connectivity index (χ4n) is 3.20. The maximum absolute atomic E-state index is 14.5. The Kier molecular flexibility index (Phi) is 6.78. The molecule has 0 saturated heterocycles. The molecule has 4 aromatic carbocycles. The van der Waals surface area contributed by atoms with Crippen LogP contribution in [0.3, 0.4) is 0 Å². The molecule has 1 N–H and O–H groups in total. The van der Waals surface area contributed by atoms with Crippen LogP contribution in [0.4, 0.5) is 5.69 Å². The first-order valence-corrected chi connectivity index (χ1v) is 11.8. The minimum atomic E-state index is -3.84. The smallest absolute Gasteiger partial charge is 0.457 e. The SMILES string of the molecule is COc1ccc([C@@H](Nc2ccccc2)P(=O)(Oc2ccccc2)Oc2ccccc2)cc1. The van der Waals surface area contributed by atoms with Gasteiger partial charge in [-0.05, 0) is 54.1 Å². The molecule has 0 spiro atoms. The first kappa shape index (κ1) is 21.5. The summed E-state index contributed by atoms with van der Waals surface area (Å²) in [6, 6.07) is 35.0. The average molecular weight is 445 g/mol. The number of rotatable bonds is 9. The van der Waals surface area contributed by atoms with Crippen LogP contribution < -0.4 is 19.1 Å². The van der Waals surface area contributed by atoms with Gasteiger partial charge < -0.3 is 19.1 Å². The van der Waals surface area contributed by atoms with Gasteiger partial charge in [0, 0.05) is 5.69 Å². The zero-order valence-electron chi connectivity index (χ0n) is 17.6. The molecule has 0 aliphatic heterocycles. The molecule has 0 bridgehead atoms. The van der Waals surface area contributed by atoms with E-state index >= 15 is 0 Å². The number of benzene rings is 4. The molecule has 5 nitrogen and oxygen atoms in total. The summed E-state index contributed by atoms with van der Waals surface area (Å²) >= 11 is 0. The summed E-state index contributed by atoms with van der Waals surface area (Å²) < 4.78 is 31.9. The molecule has 32 heavy (non-hydrogen) atoms. The van der Waals surface area contributed by atoms with Crippen molar-refractivity contribution in [3.05, 3.63) is 121 Å². The van der Waals surface area contributed by atoms with Crippen LogP contribution in [0, 0.1) is 0 Å². The zero-order valence-corrected chi connectivity index (χ0v) is 18.5. The van der Waals surface area contributed by atoms with Gasteiger partial charge in [-0.1, -0.05) is 66.7 Å². The number of hydrogen-bond acceptors (Lipinski definition) is 5. The van der Waals surface area contributed by atoms with E-state index in [0.717, 1.165) is 11.3 Å². The monoisotopic (exact) mass is 445 g/mol. The van der Waals surface area contributed by atoms with Gasteiger partial charge >= 0.3 is 7.60 Å². The molecule has 0 unspecified atom stereocenters. The fourth-order valence-corrected chi connectivity index (χ4v) is 5.13. The summed E-state index contributed by atoms with van der Waals surface area (Å²) in [6.07, 6.45) is 0. The third-order valence-electron chi connectivity index (χ3n) is 4.78. The Balaban J connectivity index is 1.79. The van der Waals surface area contributed by atoms with E-state index in [4.69, 9.17) is 13.8 Å². The largest absolute Gasteiger partial charge is 0.497 e. The summed E-state index contributed by atoms with van der Waals surface area (Å²) in [5.74, 6) is 0.839. The van der Waals surface area contributed by atoms with Crippen LogP contribution in [-0.2, 0) is 4.57 Å². The number of methoxy groups -OCH3 is 1. The molecule has 0 aliphatic carbocycles. The highest BCUT2D eigenvalue weighted by Crippen LogP contribution is 2.60. The highest BCUT2D eigenvalue weighted by atomic mass is 31.2. The lowest BCUT2D eigenvalue weighted by Crippen LogP contribution is -2.18. The van der Waals surface area contributed by atoms with Gasteiger partial charge in [0.1, 0.15) is 17.2 Å². The van der Waals surface area contributed by atoms with E-state index in [9.17, 15) is 4.57 Å². The molecule has 0 aromatic heterocycles. The highest BCUT2D eigenvalue weighted by Gasteiger charge is 2.41. The van der Waals surface area contributed by atoms with Crippen LogP contribution in [0.5, 0.6) is 17.2 Å². The van der Waals surface area contributed by atoms with Crippen molar-refractivity contribution in [2.75, 3.05) is 12.4 Å². The molecule has 0 radical (unpaired) electrons. The van der Waals surface area contributed by atoms with Crippen LogP contribution in [0.25, 0.3) is 0 Å². The van der Waals surface area contributed by atoms with Gasteiger partial charge in [0.15, 0.2) is 5.78 Å². The minimum absolute atomic E-state index is 0.458. The number of hydrogen-bond donors (Lipinski definition) is 1. The quantitative estimate of drug-likeness (QED) is 0.277. The van der Waals surface area contributed by atoms with Gasteiger partial charge in [-0.15, -0.1) is 0 Å². The lowest BCUT2D eigenvalue weighted by Gasteiger charge is -2.29. The lowest BCUT2D eigenvalue weighted by atomic mass is 10.2. The maximum atomic E-state index is 14.5. The van der Waals surface area contributed by atoms with Crippen molar-refractivity contribution >= 4 is 13.3 Å². The van der Waals surface area contributed by atoms with E-state index in [1.165, 1.54) is 0 Å². The third-order valence-corrected chi connectivity index (χ3v) is 6.77. The van der Waals surface area contributed by atoms with Crippen molar-refractivity contribution in [3.63, 3.8) is 0 Å². The van der Waals surface area contributed by atoms with E-state index < -0.39 is 13.4 Å². The van der Waals surface area contributed by atoms with Gasteiger partial charge in [0.2, 0.25) is 0 Å². The molecule has 4 rings (SSSR count). The second kappa shape index (κ2) is 10.1. The molecule has 4 aromatic rings. The number of nitrogens with one attached hydrogen (secondary N) is 1. The second-order valence-electron chi connectivity index (χ2n) is 7.03. The average Bonchev–Trinajstić information content (AvgIpc) is 2.84. The molecule has 6 heteroatoms. The molecule has 0 fully saturated rings. The molecule has 162 valence electrons. The summed E-state index contributed by atoms with van der Waals surface area (Å²) in [5, 5.41) is 3.36.